The molecule has 1 heterocycles. The molecular weight excluding hydrogens is 194 g/mol. The molecule has 0 radical (unpaired) electrons. The first-order valence-corrected chi connectivity index (χ1v) is 5.58. The fraction of sp³-hybridized carbons (Fsp3) is 0.133. The van der Waals surface area contributed by atoms with Gasteiger partial charge >= 0.3 is 0 Å². The normalized spacial score (nSPS) is 26.4. The van der Waals surface area contributed by atoms with E-state index in [9.17, 15) is 0 Å². The minimum absolute atomic E-state index is 0.238. The van der Waals surface area contributed by atoms with Crippen LogP contribution in [0.15, 0.2) is 71.3 Å². The van der Waals surface area contributed by atoms with Crippen molar-refractivity contribution in [2.75, 3.05) is 0 Å². The quantitative estimate of drug-likeness (QED) is 0.668. The van der Waals surface area contributed by atoms with Crippen LogP contribution in [-0.4, -0.2) is 6.21 Å². The third-order valence-corrected chi connectivity index (χ3v) is 3.10. The van der Waals surface area contributed by atoms with Crippen molar-refractivity contribution in [2.45, 2.75) is 6.04 Å². The molecule has 2 unspecified atom stereocenters. The van der Waals surface area contributed by atoms with Gasteiger partial charge in [-0.3, -0.25) is 4.99 Å². The average Bonchev–Trinajstić information content (AvgIpc) is 2.39. The number of dihydropyridines is 1. The van der Waals surface area contributed by atoms with Gasteiger partial charge in [0.05, 0.1) is 6.04 Å². The Bertz CT molecular complexity index is 491. The van der Waals surface area contributed by atoms with Crippen LogP contribution in [0.2, 0.25) is 0 Å². The Morgan fingerprint density at radius 2 is 1.88 bits per heavy atom. The maximum absolute atomic E-state index is 4.60. The fourth-order valence-electron chi connectivity index (χ4n) is 2.29. The highest BCUT2D eigenvalue weighted by molar-refractivity contribution is 5.75. The summed E-state index contributed by atoms with van der Waals surface area (Å²) in [5.41, 5.74) is 2.64. The Balaban J connectivity index is 1.99. The van der Waals surface area contributed by atoms with E-state index in [1.54, 1.807) is 0 Å². The maximum Gasteiger partial charge on any atom is 0.0852 e. The molecule has 0 aromatic heterocycles. The molecule has 1 aromatic rings. The van der Waals surface area contributed by atoms with E-state index in [1.807, 2.05) is 12.3 Å². The minimum atomic E-state index is 0.238. The Kier molecular flexibility index (Phi) is 2.30. The van der Waals surface area contributed by atoms with Gasteiger partial charge in [-0.1, -0.05) is 54.6 Å². The summed E-state index contributed by atoms with van der Waals surface area (Å²) in [6.45, 7) is 0. The van der Waals surface area contributed by atoms with E-state index in [0.717, 1.165) is 0 Å². The van der Waals surface area contributed by atoms with Gasteiger partial charge in [-0.15, -0.1) is 0 Å². The van der Waals surface area contributed by atoms with Crippen LogP contribution in [0.4, 0.5) is 0 Å². The van der Waals surface area contributed by atoms with Gasteiger partial charge in [-0.2, -0.15) is 0 Å². The largest absolute Gasteiger partial charge is 0.284 e. The molecule has 16 heavy (non-hydrogen) atoms. The maximum atomic E-state index is 4.60. The number of benzene rings is 1. The number of fused-ring (bicyclic) bond motifs is 1. The smallest absolute Gasteiger partial charge is 0.0852 e. The molecule has 78 valence electrons. The van der Waals surface area contributed by atoms with Crippen molar-refractivity contribution in [3.8, 4) is 0 Å². The van der Waals surface area contributed by atoms with Crippen molar-refractivity contribution in [2.24, 2.45) is 10.9 Å². The predicted molar refractivity (Wildman–Crippen MR) is 67.5 cm³/mol. The molecule has 0 saturated heterocycles. The monoisotopic (exact) mass is 207 g/mol. The first-order chi connectivity index (χ1) is 7.95. The van der Waals surface area contributed by atoms with Gasteiger partial charge in [0.15, 0.2) is 0 Å². The highest BCUT2D eigenvalue weighted by Gasteiger charge is 2.25. The third kappa shape index (κ3) is 1.54. The van der Waals surface area contributed by atoms with Gasteiger partial charge < -0.3 is 0 Å². The topological polar surface area (TPSA) is 12.4 Å². The van der Waals surface area contributed by atoms with Gasteiger partial charge in [-0.05, 0) is 17.2 Å². The molecule has 0 fully saturated rings. The Morgan fingerprint density at radius 3 is 2.75 bits per heavy atom. The summed E-state index contributed by atoms with van der Waals surface area (Å²) in [4.78, 5) is 4.60. The van der Waals surface area contributed by atoms with Gasteiger partial charge in [0.2, 0.25) is 0 Å². The predicted octanol–water partition coefficient (Wildman–Crippen LogP) is 3.48. The fourth-order valence-corrected chi connectivity index (χ4v) is 2.29. The number of allylic oxidation sites excluding steroid dienone is 4. The standard InChI is InChI=1S/C15H13N/c1-2-7-13(8-3-1)15-14-9-5-4-6-12(14)10-11-16-15/h1-11,14-15H. The number of hydrogen-bond donors (Lipinski definition) is 0. The number of nitrogens with zero attached hydrogens (tertiary/aromatic N) is 1. The van der Waals surface area contributed by atoms with Crippen molar-refractivity contribution in [1.82, 2.24) is 0 Å². The van der Waals surface area contributed by atoms with E-state index < -0.39 is 0 Å². The lowest BCUT2D eigenvalue weighted by Gasteiger charge is -2.26. The first-order valence-electron chi connectivity index (χ1n) is 5.58. The van der Waals surface area contributed by atoms with Crippen molar-refractivity contribution < 1.29 is 0 Å². The molecule has 1 aromatic carbocycles. The van der Waals surface area contributed by atoms with E-state index in [0.29, 0.717) is 5.92 Å². The summed E-state index contributed by atoms with van der Waals surface area (Å²) in [7, 11) is 0. The lowest BCUT2D eigenvalue weighted by molar-refractivity contribution is 0.596. The molecule has 0 saturated carbocycles. The van der Waals surface area contributed by atoms with Crippen LogP contribution in [0.25, 0.3) is 0 Å². The zero-order chi connectivity index (χ0) is 10.8. The molecule has 1 aliphatic carbocycles. The van der Waals surface area contributed by atoms with Gasteiger partial charge in [0, 0.05) is 12.1 Å². The molecule has 1 nitrogen and oxygen atoms in total. The lowest BCUT2D eigenvalue weighted by Crippen LogP contribution is -2.15. The summed E-state index contributed by atoms with van der Waals surface area (Å²) >= 11 is 0. The number of aliphatic imine (C=N–C) groups is 1. The molecule has 0 bridgehead atoms. The van der Waals surface area contributed by atoms with Crippen molar-refractivity contribution in [3.05, 3.63) is 71.8 Å². The molecule has 2 aliphatic rings. The van der Waals surface area contributed by atoms with E-state index in [-0.39, 0.29) is 6.04 Å². The van der Waals surface area contributed by atoms with Gasteiger partial charge in [0.1, 0.15) is 0 Å². The second kappa shape index (κ2) is 3.93. The summed E-state index contributed by atoms with van der Waals surface area (Å²) < 4.78 is 0. The average molecular weight is 207 g/mol. The first kappa shape index (κ1) is 9.34. The van der Waals surface area contributed by atoms with E-state index >= 15 is 0 Å². The zero-order valence-electron chi connectivity index (χ0n) is 8.95. The second-order valence-corrected chi connectivity index (χ2v) is 4.09. The van der Waals surface area contributed by atoms with Crippen LogP contribution >= 0.6 is 0 Å². The second-order valence-electron chi connectivity index (χ2n) is 4.09. The summed E-state index contributed by atoms with van der Waals surface area (Å²) in [6.07, 6.45) is 12.6. The van der Waals surface area contributed by atoms with Crippen molar-refractivity contribution in [3.63, 3.8) is 0 Å². The number of hydrogen-bond acceptors (Lipinski definition) is 1. The van der Waals surface area contributed by atoms with Crippen LogP contribution < -0.4 is 0 Å². The molecular formula is C15H13N. The van der Waals surface area contributed by atoms with Gasteiger partial charge in [0.25, 0.3) is 0 Å². The van der Waals surface area contributed by atoms with Crippen LogP contribution in [0.5, 0.6) is 0 Å². The molecule has 1 aliphatic heterocycles. The van der Waals surface area contributed by atoms with Crippen molar-refractivity contribution in [1.29, 1.82) is 0 Å². The number of rotatable bonds is 1. The van der Waals surface area contributed by atoms with E-state index in [1.165, 1.54) is 11.1 Å². The summed E-state index contributed by atoms with van der Waals surface area (Å²) in [5.74, 6) is 0.400. The minimum Gasteiger partial charge on any atom is -0.284 e. The zero-order valence-corrected chi connectivity index (χ0v) is 8.95. The van der Waals surface area contributed by atoms with E-state index in [2.05, 4.69) is 59.6 Å². The van der Waals surface area contributed by atoms with E-state index in [4.69, 9.17) is 0 Å². The van der Waals surface area contributed by atoms with Crippen LogP contribution in [0.3, 0.4) is 0 Å². The summed E-state index contributed by atoms with van der Waals surface area (Å²) in [6, 6.07) is 10.7. The highest BCUT2D eigenvalue weighted by Crippen LogP contribution is 2.36. The lowest BCUT2D eigenvalue weighted by atomic mass is 9.83. The van der Waals surface area contributed by atoms with Crippen LogP contribution in [-0.2, 0) is 0 Å². The summed E-state index contributed by atoms with van der Waals surface area (Å²) in [5, 5.41) is 0. The SMILES string of the molecule is C1=CC2=CC=NC(c3ccccc3)C2C=C1. The third-order valence-electron chi connectivity index (χ3n) is 3.10. The molecule has 1 heteroatoms. The van der Waals surface area contributed by atoms with Crippen molar-refractivity contribution >= 4 is 6.21 Å². The molecule has 0 N–H and O–H groups in total. The van der Waals surface area contributed by atoms with Crippen LogP contribution in [0, 0.1) is 5.92 Å². The molecule has 3 rings (SSSR count). The Labute approximate surface area is 95.5 Å². The van der Waals surface area contributed by atoms with Gasteiger partial charge in [-0.25, -0.2) is 0 Å². The molecule has 0 spiro atoms. The molecule has 0 amide bonds. The van der Waals surface area contributed by atoms with Crippen LogP contribution in [0.1, 0.15) is 11.6 Å². The Hall–Kier alpha value is -1.89. The molecule has 2 atom stereocenters. The Morgan fingerprint density at radius 1 is 1.00 bits per heavy atom. The highest BCUT2D eigenvalue weighted by atomic mass is 14.8.